The summed E-state index contributed by atoms with van der Waals surface area (Å²) in [6, 6.07) is 3.42. The molecule has 9 heteroatoms. The molecule has 1 aliphatic heterocycles. The summed E-state index contributed by atoms with van der Waals surface area (Å²) >= 11 is 0. The molecule has 2 aromatic heterocycles. The monoisotopic (exact) mass is 461 g/mol. The molecule has 0 spiro atoms. The Morgan fingerprint density at radius 2 is 1.88 bits per heavy atom. The normalized spacial score (nSPS) is 29.0. The number of amides is 1. The summed E-state index contributed by atoms with van der Waals surface area (Å²) in [5.41, 5.74) is 9.23. The van der Waals surface area contributed by atoms with Crippen LogP contribution in [-0.4, -0.2) is 33.2 Å². The van der Waals surface area contributed by atoms with E-state index >= 15 is 0 Å². The molecular weight excluding hydrogens is 431 g/mol. The van der Waals surface area contributed by atoms with Crippen LogP contribution in [0.3, 0.4) is 0 Å². The third-order valence-corrected chi connectivity index (χ3v) is 8.69. The molecule has 6 rings (SSSR count). The first kappa shape index (κ1) is 21.4. The number of carbonyl (C=O) groups excluding carboxylic acids is 1. The van der Waals surface area contributed by atoms with Crippen LogP contribution in [-0.2, 0) is 11.2 Å². The van der Waals surface area contributed by atoms with Crippen molar-refractivity contribution in [3.8, 4) is 0 Å². The van der Waals surface area contributed by atoms with E-state index in [0.29, 0.717) is 22.7 Å². The highest BCUT2D eigenvalue weighted by Crippen LogP contribution is 2.70. The van der Waals surface area contributed by atoms with Gasteiger partial charge in [0.1, 0.15) is 0 Å². The van der Waals surface area contributed by atoms with E-state index in [4.69, 9.17) is 5.73 Å². The molecule has 1 amide bonds. The molecule has 3 N–H and O–H groups in total. The van der Waals surface area contributed by atoms with Gasteiger partial charge in [-0.1, -0.05) is 0 Å². The minimum Gasteiger partial charge on any atom is -0.355 e. The number of carbonyl (C=O) groups is 1. The minimum absolute atomic E-state index is 0.127. The fourth-order valence-electron chi connectivity index (χ4n) is 6.52. The van der Waals surface area contributed by atoms with Crippen molar-refractivity contribution < 1.29 is 18.0 Å². The molecule has 4 fully saturated rings. The average molecular weight is 462 g/mol. The van der Waals surface area contributed by atoms with Gasteiger partial charge in [0.05, 0.1) is 29.5 Å². The Morgan fingerprint density at radius 3 is 2.52 bits per heavy atom. The van der Waals surface area contributed by atoms with E-state index in [1.165, 1.54) is 38.5 Å². The summed E-state index contributed by atoms with van der Waals surface area (Å²) in [5.74, 6) is -0.331. The number of hydrogen-bond donors (Lipinski definition) is 2. The van der Waals surface area contributed by atoms with E-state index in [1.807, 2.05) is 6.20 Å². The van der Waals surface area contributed by atoms with Gasteiger partial charge in [0.2, 0.25) is 5.91 Å². The molecule has 3 aliphatic carbocycles. The molecule has 33 heavy (non-hydrogen) atoms. The average Bonchev–Trinajstić information content (AvgIpc) is 3.66. The Labute approximate surface area is 190 Å². The van der Waals surface area contributed by atoms with E-state index in [1.54, 1.807) is 16.6 Å². The molecule has 4 aliphatic rings. The summed E-state index contributed by atoms with van der Waals surface area (Å²) in [6.45, 7) is -0.349. The van der Waals surface area contributed by atoms with Crippen molar-refractivity contribution in [3.05, 3.63) is 29.7 Å². The SMILES string of the molecule is NC(c1cn2nc(CC3C[C@@H](C(F)(F)F)CNC3=O)ccc2n1)C1CC(C2CC2)(C2CC2)C1. The molecule has 3 atom stereocenters. The van der Waals surface area contributed by atoms with Gasteiger partial charge in [0.25, 0.3) is 0 Å². The second kappa shape index (κ2) is 7.42. The molecule has 178 valence electrons. The highest BCUT2D eigenvalue weighted by molar-refractivity contribution is 5.79. The predicted octanol–water partition coefficient (Wildman–Crippen LogP) is 3.80. The van der Waals surface area contributed by atoms with E-state index in [-0.39, 0.29) is 31.3 Å². The first-order chi connectivity index (χ1) is 15.7. The molecule has 2 unspecified atom stereocenters. The summed E-state index contributed by atoms with van der Waals surface area (Å²) in [4.78, 5) is 16.8. The van der Waals surface area contributed by atoms with Crippen LogP contribution in [0.4, 0.5) is 13.2 Å². The predicted molar refractivity (Wildman–Crippen MR) is 115 cm³/mol. The number of halogens is 3. The largest absolute Gasteiger partial charge is 0.393 e. The summed E-state index contributed by atoms with van der Waals surface area (Å²) < 4.78 is 41.0. The van der Waals surface area contributed by atoms with E-state index < -0.39 is 18.0 Å². The van der Waals surface area contributed by atoms with Gasteiger partial charge >= 0.3 is 6.18 Å². The third-order valence-electron chi connectivity index (χ3n) is 8.69. The molecule has 2 aromatic rings. The maximum atomic E-state index is 13.1. The second-order valence-corrected chi connectivity index (χ2v) is 10.9. The van der Waals surface area contributed by atoms with Gasteiger partial charge in [-0.2, -0.15) is 18.3 Å². The maximum absolute atomic E-state index is 13.1. The Morgan fingerprint density at radius 1 is 1.18 bits per heavy atom. The number of piperidine rings is 1. The topological polar surface area (TPSA) is 85.3 Å². The van der Waals surface area contributed by atoms with Gasteiger partial charge in [-0.15, -0.1) is 0 Å². The van der Waals surface area contributed by atoms with Crippen molar-refractivity contribution in [2.24, 2.45) is 40.7 Å². The highest BCUT2D eigenvalue weighted by Gasteiger charge is 2.61. The van der Waals surface area contributed by atoms with Gasteiger partial charge < -0.3 is 11.1 Å². The van der Waals surface area contributed by atoms with Crippen LogP contribution in [0.5, 0.6) is 0 Å². The Hall–Kier alpha value is -2.16. The number of aromatic nitrogens is 3. The lowest BCUT2D eigenvalue weighted by molar-refractivity contribution is -0.183. The fourth-order valence-corrected chi connectivity index (χ4v) is 6.52. The lowest BCUT2D eigenvalue weighted by Gasteiger charge is -2.51. The van der Waals surface area contributed by atoms with Crippen molar-refractivity contribution in [1.29, 1.82) is 0 Å². The highest BCUT2D eigenvalue weighted by atomic mass is 19.4. The summed E-state index contributed by atoms with van der Waals surface area (Å²) in [6.07, 6.45) is 5.41. The van der Waals surface area contributed by atoms with E-state index in [0.717, 1.165) is 17.5 Å². The van der Waals surface area contributed by atoms with Gasteiger partial charge in [0.15, 0.2) is 5.65 Å². The van der Waals surface area contributed by atoms with Gasteiger partial charge in [-0.3, -0.25) is 4.79 Å². The minimum atomic E-state index is -4.31. The van der Waals surface area contributed by atoms with Crippen LogP contribution in [0.15, 0.2) is 18.3 Å². The zero-order chi connectivity index (χ0) is 23.0. The number of nitrogens with one attached hydrogen (secondary N) is 1. The number of alkyl halides is 3. The summed E-state index contributed by atoms with van der Waals surface area (Å²) in [5, 5.41) is 6.94. The maximum Gasteiger partial charge on any atom is 0.393 e. The van der Waals surface area contributed by atoms with Gasteiger partial charge in [0, 0.05) is 18.9 Å². The van der Waals surface area contributed by atoms with Crippen molar-refractivity contribution in [1.82, 2.24) is 19.9 Å². The standard InChI is InChI=1S/C24H30F3N5O/c25-24(26,27)17-7-13(22(33)29-11-17)8-18-5-6-20-30-19(12-32(20)31-18)21(28)14-9-23(10-14,15-1-2-15)16-3-4-16/h5-6,12-17,21H,1-4,7-11,28H2,(H,29,33)/t13?,17-,21?/m1/s1. The van der Waals surface area contributed by atoms with Crippen LogP contribution in [0.1, 0.15) is 62.4 Å². The molecule has 3 heterocycles. The summed E-state index contributed by atoms with van der Waals surface area (Å²) in [7, 11) is 0. The third kappa shape index (κ3) is 3.82. The molecule has 6 nitrogen and oxygen atoms in total. The number of fused-ring (bicyclic) bond motifs is 1. The lowest BCUT2D eigenvalue weighted by Crippen LogP contribution is -2.47. The molecule has 1 saturated heterocycles. The van der Waals surface area contributed by atoms with Crippen molar-refractivity contribution in [2.45, 2.75) is 63.6 Å². The molecular formula is C24H30F3N5O. The second-order valence-electron chi connectivity index (χ2n) is 10.9. The molecule has 0 bridgehead atoms. The van der Waals surface area contributed by atoms with E-state index in [9.17, 15) is 18.0 Å². The number of rotatable bonds is 6. The van der Waals surface area contributed by atoms with Crippen LogP contribution < -0.4 is 11.1 Å². The van der Waals surface area contributed by atoms with E-state index in [2.05, 4.69) is 15.4 Å². The van der Waals surface area contributed by atoms with Gasteiger partial charge in [-0.05, 0) is 80.2 Å². The van der Waals surface area contributed by atoms with Crippen molar-refractivity contribution in [3.63, 3.8) is 0 Å². The Balaban J connectivity index is 1.14. The van der Waals surface area contributed by atoms with Crippen LogP contribution in [0.2, 0.25) is 0 Å². The number of nitrogens with zero attached hydrogens (tertiary/aromatic N) is 3. The van der Waals surface area contributed by atoms with Crippen molar-refractivity contribution >= 4 is 11.6 Å². The van der Waals surface area contributed by atoms with Crippen molar-refractivity contribution in [2.75, 3.05) is 6.54 Å². The van der Waals surface area contributed by atoms with Crippen LogP contribution >= 0.6 is 0 Å². The smallest absolute Gasteiger partial charge is 0.355 e. The molecule has 0 radical (unpaired) electrons. The molecule has 3 saturated carbocycles. The Bertz CT molecular complexity index is 1050. The number of imidazole rings is 1. The van der Waals surface area contributed by atoms with Gasteiger partial charge in [-0.25, -0.2) is 9.50 Å². The number of hydrogen-bond acceptors (Lipinski definition) is 4. The fraction of sp³-hybridized carbons (Fsp3) is 0.708. The quantitative estimate of drug-likeness (QED) is 0.685. The number of nitrogens with two attached hydrogens (primary N) is 1. The first-order valence-electron chi connectivity index (χ1n) is 12.2. The van der Waals surface area contributed by atoms with Crippen LogP contribution in [0, 0.1) is 35.0 Å². The van der Waals surface area contributed by atoms with Crippen LogP contribution in [0.25, 0.3) is 5.65 Å². The molecule has 0 aromatic carbocycles. The Kier molecular flexibility index (Phi) is 4.81. The first-order valence-corrected chi connectivity index (χ1v) is 12.2. The zero-order valence-electron chi connectivity index (χ0n) is 18.5. The zero-order valence-corrected chi connectivity index (χ0v) is 18.5. The lowest BCUT2D eigenvalue weighted by atomic mass is 9.54.